The van der Waals surface area contributed by atoms with E-state index in [0.717, 1.165) is 5.56 Å². The number of ketones is 1. The molecule has 0 radical (unpaired) electrons. The first-order valence-electron chi connectivity index (χ1n) is 13.3. The van der Waals surface area contributed by atoms with Crippen molar-refractivity contribution in [3.05, 3.63) is 153 Å². The summed E-state index contributed by atoms with van der Waals surface area (Å²) in [5.41, 5.74) is 2.97. The quantitative estimate of drug-likeness (QED) is 0.0936. The highest BCUT2D eigenvalue weighted by molar-refractivity contribution is 6.11. The van der Waals surface area contributed by atoms with Gasteiger partial charge in [-0.3, -0.25) is 24.5 Å². The van der Waals surface area contributed by atoms with E-state index in [1.165, 1.54) is 35.9 Å². The first-order chi connectivity index (χ1) is 20.2. The number of rotatable bonds is 10. The number of para-hydroxylation sites is 1. The van der Waals surface area contributed by atoms with E-state index < -0.39 is 16.7 Å². The minimum absolute atomic E-state index is 0.146. The van der Waals surface area contributed by atoms with E-state index in [-0.39, 0.29) is 22.7 Å². The van der Waals surface area contributed by atoms with Crippen LogP contribution >= 0.6 is 0 Å². The van der Waals surface area contributed by atoms with E-state index >= 15 is 0 Å². The van der Waals surface area contributed by atoms with E-state index in [0.29, 0.717) is 22.7 Å². The van der Waals surface area contributed by atoms with Gasteiger partial charge in [0, 0.05) is 22.9 Å². The fourth-order valence-electron chi connectivity index (χ4n) is 4.05. The van der Waals surface area contributed by atoms with E-state index in [2.05, 4.69) is 24.5 Å². The van der Waals surface area contributed by atoms with Crippen LogP contribution in [0.15, 0.2) is 115 Å². The van der Waals surface area contributed by atoms with Gasteiger partial charge < -0.3 is 10.6 Å². The summed E-state index contributed by atoms with van der Waals surface area (Å²) in [5.74, 6) is -1.02. The zero-order valence-corrected chi connectivity index (χ0v) is 23.1. The van der Waals surface area contributed by atoms with Crippen molar-refractivity contribution in [2.24, 2.45) is 0 Å². The number of hydrogen-bond acceptors (Lipinski definition) is 5. The van der Waals surface area contributed by atoms with Crippen LogP contribution in [0, 0.1) is 10.1 Å². The molecule has 0 unspecified atom stereocenters. The van der Waals surface area contributed by atoms with Crippen molar-refractivity contribution < 1.29 is 19.3 Å². The Balaban J connectivity index is 1.51. The van der Waals surface area contributed by atoms with Gasteiger partial charge in [-0.15, -0.1) is 0 Å². The topological polar surface area (TPSA) is 118 Å². The molecule has 4 aromatic rings. The SMILES string of the molecule is CC(C)c1ccc(/C=C/C(=O)c2ccc(NC(=O)/C(=C/c3ccccc3[N+](=O)[O-])NC(=O)c3ccccc3)cc2)cc1. The van der Waals surface area contributed by atoms with E-state index in [4.69, 9.17) is 0 Å². The molecule has 2 N–H and O–H groups in total. The molecule has 0 spiro atoms. The van der Waals surface area contributed by atoms with E-state index in [9.17, 15) is 24.5 Å². The summed E-state index contributed by atoms with van der Waals surface area (Å²) in [7, 11) is 0. The standard InChI is InChI=1S/C34H29N3O5/c1-23(2)25-15-12-24(13-16-25)14-21-32(38)26-17-19-29(20-18-26)35-34(40)30(36-33(39)27-8-4-3-5-9-27)22-28-10-6-7-11-31(28)37(41)42/h3-23H,1-2H3,(H,35,40)(H,36,39)/b21-14+,30-22-. The normalized spacial score (nSPS) is 11.4. The molecule has 0 saturated carbocycles. The van der Waals surface area contributed by atoms with Crippen molar-refractivity contribution in [3.8, 4) is 0 Å². The highest BCUT2D eigenvalue weighted by atomic mass is 16.6. The Morgan fingerprint density at radius 3 is 2.07 bits per heavy atom. The van der Waals surface area contributed by atoms with Crippen LogP contribution in [0.1, 0.15) is 57.2 Å². The Morgan fingerprint density at radius 2 is 1.43 bits per heavy atom. The summed E-state index contributed by atoms with van der Waals surface area (Å²) in [5, 5.41) is 16.8. The third-order valence-electron chi connectivity index (χ3n) is 6.42. The van der Waals surface area contributed by atoms with Gasteiger partial charge in [0.2, 0.25) is 0 Å². The highest BCUT2D eigenvalue weighted by Crippen LogP contribution is 2.21. The Labute approximate surface area is 243 Å². The number of nitro groups is 1. The van der Waals surface area contributed by atoms with Crippen LogP contribution in [0.4, 0.5) is 11.4 Å². The van der Waals surface area contributed by atoms with E-state index in [1.807, 2.05) is 24.3 Å². The second-order valence-electron chi connectivity index (χ2n) is 9.74. The molecule has 0 aliphatic carbocycles. The Kier molecular flexibility index (Phi) is 9.53. The minimum Gasteiger partial charge on any atom is -0.321 e. The molecule has 210 valence electrons. The van der Waals surface area contributed by atoms with Gasteiger partial charge in [0.05, 0.1) is 10.5 Å². The number of hydrogen-bond donors (Lipinski definition) is 2. The molecule has 0 atom stereocenters. The maximum atomic E-state index is 13.3. The Hall–Kier alpha value is -5.63. The molecule has 8 nitrogen and oxygen atoms in total. The van der Waals surface area contributed by atoms with Crippen LogP contribution in [0.5, 0.6) is 0 Å². The van der Waals surface area contributed by atoms with Crippen molar-refractivity contribution in [1.82, 2.24) is 5.32 Å². The Bertz CT molecular complexity index is 1660. The molecule has 0 aliphatic heterocycles. The maximum absolute atomic E-state index is 13.3. The third-order valence-corrected chi connectivity index (χ3v) is 6.42. The average Bonchev–Trinajstić information content (AvgIpc) is 3.00. The van der Waals surface area contributed by atoms with Gasteiger partial charge in [-0.2, -0.15) is 0 Å². The van der Waals surface area contributed by atoms with Crippen LogP contribution in [0.3, 0.4) is 0 Å². The summed E-state index contributed by atoms with van der Waals surface area (Å²) in [4.78, 5) is 49.8. The number of nitro benzene ring substituents is 1. The highest BCUT2D eigenvalue weighted by Gasteiger charge is 2.18. The zero-order chi connectivity index (χ0) is 30.1. The number of nitrogens with zero attached hydrogens (tertiary/aromatic N) is 1. The monoisotopic (exact) mass is 559 g/mol. The molecule has 4 rings (SSSR count). The van der Waals surface area contributed by atoms with Gasteiger partial charge in [-0.05, 0) is 71.7 Å². The number of amides is 2. The summed E-state index contributed by atoms with van der Waals surface area (Å²) in [6.07, 6.45) is 4.49. The number of carbonyl (C=O) groups excluding carboxylic acids is 3. The van der Waals surface area contributed by atoms with Crippen LogP contribution in [0.25, 0.3) is 12.2 Å². The first kappa shape index (κ1) is 29.4. The second kappa shape index (κ2) is 13.6. The number of anilines is 1. The number of allylic oxidation sites excluding steroid dienone is 1. The molecule has 4 aromatic carbocycles. The smallest absolute Gasteiger partial charge is 0.276 e. The largest absolute Gasteiger partial charge is 0.321 e. The molecule has 0 heterocycles. The molecule has 2 amide bonds. The molecule has 42 heavy (non-hydrogen) atoms. The van der Waals surface area contributed by atoms with Crippen molar-refractivity contribution in [1.29, 1.82) is 0 Å². The lowest BCUT2D eigenvalue weighted by molar-refractivity contribution is -0.385. The van der Waals surface area contributed by atoms with E-state index in [1.54, 1.807) is 66.7 Å². The summed E-state index contributed by atoms with van der Waals surface area (Å²) in [6, 6.07) is 28.5. The van der Waals surface area contributed by atoms with Crippen LogP contribution in [-0.2, 0) is 4.79 Å². The predicted octanol–water partition coefficient (Wildman–Crippen LogP) is 7.02. The lowest BCUT2D eigenvalue weighted by Gasteiger charge is -2.12. The van der Waals surface area contributed by atoms with Crippen LogP contribution in [0.2, 0.25) is 0 Å². The fourth-order valence-corrected chi connectivity index (χ4v) is 4.05. The maximum Gasteiger partial charge on any atom is 0.276 e. The molecule has 0 aromatic heterocycles. The fraction of sp³-hybridized carbons (Fsp3) is 0.0882. The van der Waals surface area contributed by atoms with Gasteiger partial charge in [-0.1, -0.05) is 74.5 Å². The van der Waals surface area contributed by atoms with Gasteiger partial charge >= 0.3 is 0 Å². The second-order valence-corrected chi connectivity index (χ2v) is 9.74. The van der Waals surface area contributed by atoms with Crippen molar-refractivity contribution >= 4 is 41.1 Å². The molecule has 0 saturated heterocycles. The van der Waals surface area contributed by atoms with Gasteiger partial charge in [0.25, 0.3) is 17.5 Å². The van der Waals surface area contributed by atoms with Gasteiger partial charge in [0.1, 0.15) is 5.70 Å². The zero-order valence-electron chi connectivity index (χ0n) is 23.1. The number of benzene rings is 4. The van der Waals surface area contributed by atoms with Gasteiger partial charge in [-0.25, -0.2) is 0 Å². The average molecular weight is 560 g/mol. The first-order valence-corrected chi connectivity index (χ1v) is 13.3. The summed E-state index contributed by atoms with van der Waals surface area (Å²) >= 11 is 0. The predicted molar refractivity (Wildman–Crippen MR) is 164 cm³/mol. The number of nitrogens with one attached hydrogen (secondary N) is 2. The lowest BCUT2D eigenvalue weighted by atomic mass is 10.0. The molecule has 0 bridgehead atoms. The number of carbonyl (C=O) groups is 3. The van der Waals surface area contributed by atoms with Crippen LogP contribution in [-0.4, -0.2) is 22.5 Å². The third kappa shape index (κ3) is 7.73. The minimum atomic E-state index is -0.693. The molecule has 8 heteroatoms. The van der Waals surface area contributed by atoms with Crippen LogP contribution < -0.4 is 10.6 Å². The summed E-state index contributed by atoms with van der Waals surface area (Å²) < 4.78 is 0. The van der Waals surface area contributed by atoms with Gasteiger partial charge in [0.15, 0.2) is 5.78 Å². The lowest BCUT2D eigenvalue weighted by Crippen LogP contribution is -2.30. The molecular formula is C34H29N3O5. The molecule has 0 fully saturated rings. The molecular weight excluding hydrogens is 530 g/mol. The Morgan fingerprint density at radius 1 is 0.786 bits per heavy atom. The van der Waals surface area contributed by atoms with Crippen molar-refractivity contribution in [3.63, 3.8) is 0 Å². The van der Waals surface area contributed by atoms with Crippen molar-refractivity contribution in [2.45, 2.75) is 19.8 Å². The van der Waals surface area contributed by atoms with Crippen molar-refractivity contribution in [2.75, 3.05) is 5.32 Å². The summed E-state index contributed by atoms with van der Waals surface area (Å²) in [6.45, 7) is 4.24. The molecule has 0 aliphatic rings.